The molecule has 0 saturated carbocycles. The molecule has 0 unspecified atom stereocenters. The van der Waals surface area contributed by atoms with Crippen molar-refractivity contribution in [3.8, 4) is 16.9 Å². The number of hydrogen-bond donors (Lipinski definition) is 2. The molecule has 3 rings (SSSR count). The molecule has 0 aliphatic heterocycles. The van der Waals surface area contributed by atoms with Crippen LogP contribution >= 0.6 is 0 Å². The molecule has 3 aromatic carbocycles. The Bertz CT molecular complexity index is 928. The standard InChI is InChI=1S/C21H17FN2O3/c22-19-9-5-4-8-18(19)21(26)24-23-20(25)14-27-17-12-10-16(11-13-17)15-6-2-1-3-7-15/h1-13H,14H2,(H,23,25)(H,24,26). The molecule has 0 aliphatic rings. The Morgan fingerprint density at radius 1 is 0.778 bits per heavy atom. The third kappa shape index (κ3) is 4.92. The predicted octanol–water partition coefficient (Wildman–Crippen LogP) is 3.33. The van der Waals surface area contributed by atoms with Crippen LogP contribution in [0.5, 0.6) is 5.75 Å². The van der Waals surface area contributed by atoms with Crippen LogP contribution in [0.15, 0.2) is 78.9 Å². The Hall–Kier alpha value is -3.67. The van der Waals surface area contributed by atoms with E-state index >= 15 is 0 Å². The van der Waals surface area contributed by atoms with Crippen LogP contribution in [0.25, 0.3) is 11.1 Å². The van der Waals surface area contributed by atoms with Crippen molar-refractivity contribution in [3.05, 3.63) is 90.2 Å². The van der Waals surface area contributed by atoms with Gasteiger partial charge in [0.05, 0.1) is 5.56 Å². The number of rotatable bonds is 5. The van der Waals surface area contributed by atoms with E-state index in [9.17, 15) is 14.0 Å². The molecular formula is C21H17FN2O3. The summed E-state index contributed by atoms with van der Waals surface area (Å²) in [6.45, 7) is -0.289. The van der Waals surface area contributed by atoms with E-state index in [-0.39, 0.29) is 12.2 Å². The first-order valence-corrected chi connectivity index (χ1v) is 8.25. The molecule has 0 aromatic heterocycles. The first kappa shape index (κ1) is 18.1. The molecule has 6 heteroatoms. The molecule has 0 saturated heterocycles. The zero-order chi connectivity index (χ0) is 19.1. The number of carbonyl (C=O) groups is 2. The van der Waals surface area contributed by atoms with Gasteiger partial charge in [-0.05, 0) is 35.4 Å². The van der Waals surface area contributed by atoms with Gasteiger partial charge < -0.3 is 4.74 Å². The number of hydrazine groups is 1. The second-order valence-electron chi connectivity index (χ2n) is 5.66. The summed E-state index contributed by atoms with van der Waals surface area (Å²) in [5, 5.41) is 0. The van der Waals surface area contributed by atoms with E-state index in [1.54, 1.807) is 12.1 Å². The van der Waals surface area contributed by atoms with Gasteiger partial charge in [-0.1, -0.05) is 54.6 Å². The zero-order valence-electron chi connectivity index (χ0n) is 14.3. The second kappa shape index (κ2) is 8.62. The Kier molecular flexibility index (Phi) is 5.79. The molecule has 27 heavy (non-hydrogen) atoms. The van der Waals surface area contributed by atoms with Gasteiger partial charge in [-0.2, -0.15) is 0 Å². The average molecular weight is 364 g/mol. The van der Waals surface area contributed by atoms with Gasteiger partial charge in [0, 0.05) is 0 Å². The summed E-state index contributed by atoms with van der Waals surface area (Å²) >= 11 is 0. The molecule has 0 radical (unpaired) electrons. The Balaban J connectivity index is 1.48. The molecule has 2 amide bonds. The van der Waals surface area contributed by atoms with Crippen molar-refractivity contribution in [2.75, 3.05) is 6.61 Å². The van der Waals surface area contributed by atoms with Gasteiger partial charge in [-0.15, -0.1) is 0 Å². The van der Waals surface area contributed by atoms with Gasteiger partial charge in [0.25, 0.3) is 11.8 Å². The number of carbonyl (C=O) groups excluding carboxylic acids is 2. The highest BCUT2D eigenvalue weighted by atomic mass is 19.1. The minimum absolute atomic E-state index is 0.157. The van der Waals surface area contributed by atoms with Crippen LogP contribution in [-0.4, -0.2) is 18.4 Å². The van der Waals surface area contributed by atoms with E-state index in [0.717, 1.165) is 11.1 Å². The summed E-state index contributed by atoms with van der Waals surface area (Å²) < 4.78 is 18.9. The fraction of sp³-hybridized carbons (Fsp3) is 0.0476. The Labute approximate surface area is 155 Å². The molecule has 0 aliphatic carbocycles. The van der Waals surface area contributed by atoms with Gasteiger partial charge in [0.2, 0.25) is 0 Å². The van der Waals surface area contributed by atoms with Crippen LogP contribution in [0.1, 0.15) is 10.4 Å². The zero-order valence-corrected chi connectivity index (χ0v) is 14.3. The highest BCUT2D eigenvalue weighted by Gasteiger charge is 2.11. The fourth-order valence-electron chi connectivity index (χ4n) is 2.40. The molecule has 0 atom stereocenters. The third-order valence-electron chi connectivity index (χ3n) is 3.77. The molecule has 5 nitrogen and oxygen atoms in total. The van der Waals surface area contributed by atoms with Crippen molar-refractivity contribution in [1.29, 1.82) is 0 Å². The maximum absolute atomic E-state index is 13.5. The number of nitrogens with one attached hydrogen (secondary N) is 2. The molecule has 3 aromatic rings. The summed E-state index contributed by atoms with van der Waals surface area (Å²) in [7, 11) is 0. The van der Waals surface area contributed by atoms with Crippen LogP contribution in [0, 0.1) is 5.82 Å². The molecule has 0 bridgehead atoms. The van der Waals surface area contributed by atoms with E-state index < -0.39 is 17.6 Å². The summed E-state index contributed by atoms with van der Waals surface area (Å²) in [5.41, 5.74) is 6.29. The SMILES string of the molecule is O=C(COc1ccc(-c2ccccc2)cc1)NNC(=O)c1ccccc1F. The van der Waals surface area contributed by atoms with Crippen molar-refractivity contribution >= 4 is 11.8 Å². The maximum atomic E-state index is 13.5. The molecule has 0 heterocycles. The molecule has 0 fully saturated rings. The lowest BCUT2D eigenvalue weighted by molar-refractivity contribution is -0.123. The van der Waals surface area contributed by atoms with Crippen molar-refractivity contribution in [2.45, 2.75) is 0 Å². The van der Waals surface area contributed by atoms with E-state index in [0.29, 0.717) is 5.75 Å². The second-order valence-corrected chi connectivity index (χ2v) is 5.66. The van der Waals surface area contributed by atoms with Gasteiger partial charge in [0.1, 0.15) is 11.6 Å². The van der Waals surface area contributed by atoms with Crippen LogP contribution in [0.4, 0.5) is 4.39 Å². The normalized spacial score (nSPS) is 10.1. The fourth-order valence-corrected chi connectivity index (χ4v) is 2.40. The number of amides is 2. The van der Waals surface area contributed by atoms with Crippen molar-refractivity contribution in [1.82, 2.24) is 10.9 Å². The predicted molar refractivity (Wildman–Crippen MR) is 99.4 cm³/mol. The van der Waals surface area contributed by atoms with E-state index in [1.165, 1.54) is 24.3 Å². The first-order valence-electron chi connectivity index (χ1n) is 8.25. The molecule has 2 N–H and O–H groups in total. The third-order valence-corrected chi connectivity index (χ3v) is 3.77. The number of benzene rings is 3. The summed E-state index contributed by atoms with van der Waals surface area (Å²) in [4.78, 5) is 23.6. The van der Waals surface area contributed by atoms with Gasteiger partial charge in [0.15, 0.2) is 6.61 Å². The Morgan fingerprint density at radius 3 is 2.11 bits per heavy atom. The number of halogens is 1. The molecule has 0 spiro atoms. The summed E-state index contributed by atoms with van der Waals surface area (Å²) in [5.74, 6) is -1.45. The number of ether oxygens (including phenoxy) is 1. The lowest BCUT2D eigenvalue weighted by Crippen LogP contribution is -2.44. The highest BCUT2D eigenvalue weighted by Crippen LogP contribution is 2.21. The smallest absolute Gasteiger partial charge is 0.276 e. The van der Waals surface area contributed by atoms with E-state index in [1.807, 2.05) is 42.5 Å². The van der Waals surface area contributed by atoms with Crippen LogP contribution in [0.3, 0.4) is 0 Å². The van der Waals surface area contributed by atoms with Gasteiger partial charge in [-0.3, -0.25) is 20.4 Å². The lowest BCUT2D eigenvalue weighted by Gasteiger charge is -2.10. The minimum atomic E-state index is -0.742. The largest absolute Gasteiger partial charge is 0.484 e. The quantitative estimate of drug-likeness (QED) is 0.683. The Morgan fingerprint density at radius 2 is 1.41 bits per heavy atom. The van der Waals surface area contributed by atoms with Crippen molar-refractivity contribution in [2.24, 2.45) is 0 Å². The lowest BCUT2D eigenvalue weighted by atomic mass is 10.1. The number of hydrogen-bond acceptors (Lipinski definition) is 3. The molecule has 136 valence electrons. The summed E-state index contributed by atoms with van der Waals surface area (Å²) in [6, 6.07) is 22.7. The monoisotopic (exact) mass is 364 g/mol. The average Bonchev–Trinajstić information content (AvgIpc) is 2.72. The first-order chi connectivity index (χ1) is 13.1. The van der Waals surface area contributed by atoms with Crippen molar-refractivity contribution in [3.63, 3.8) is 0 Å². The minimum Gasteiger partial charge on any atom is -0.484 e. The van der Waals surface area contributed by atoms with Crippen molar-refractivity contribution < 1.29 is 18.7 Å². The maximum Gasteiger partial charge on any atom is 0.276 e. The topological polar surface area (TPSA) is 67.4 Å². The van der Waals surface area contributed by atoms with E-state index in [2.05, 4.69) is 10.9 Å². The molecular weight excluding hydrogens is 347 g/mol. The van der Waals surface area contributed by atoms with Crippen LogP contribution in [0.2, 0.25) is 0 Å². The summed E-state index contributed by atoms with van der Waals surface area (Å²) in [6.07, 6.45) is 0. The van der Waals surface area contributed by atoms with Gasteiger partial charge in [-0.25, -0.2) is 4.39 Å². The highest BCUT2D eigenvalue weighted by molar-refractivity contribution is 5.95. The van der Waals surface area contributed by atoms with Crippen LogP contribution in [-0.2, 0) is 4.79 Å². The van der Waals surface area contributed by atoms with Gasteiger partial charge >= 0.3 is 0 Å². The van der Waals surface area contributed by atoms with E-state index in [4.69, 9.17) is 4.74 Å². The van der Waals surface area contributed by atoms with Crippen LogP contribution < -0.4 is 15.6 Å².